The van der Waals surface area contributed by atoms with Gasteiger partial charge in [0, 0.05) is 6.42 Å². The summed E-state index contributed by atoms with van der Waals surface area (Å²) in [4.78, 5) is 3.94. The fourth-order valence-corrected chi connectivity index (χ4v) is 1.07. The van der Waals surface area contributed by atoms with E-state index in [1.165, 1.54) is 6.33 Å². The molecule has 1 atom stereocenters. The molecule has 1 N–H and O–H groups in total. The molecule has 1 aliphatic heterocycles. The molecular weight excluding hydrogens is 118 g/mol. The first-order valence-electron chi connectivity index (χ1n) is 2.91. The van der Waals surface area contributed by atoms with E-state index in [1.54, 1.807) is 4.68 Å². The minimum Gasteiger partial charge on any atom is -0.391 e. The number of fused-ring (bicyclic) bond motifs is 1. The quantitative estimate of drug-likeness (QED) is 0.493. The third kappa shape index (κ3) is 0.632. The van der Waals surface area contributed by atoms with Crippen molar-refractivity contribution in [3.8, 4) is 0 Å². The van der Waals surface area contributed by atoms with Gasteiger partial charge in [0.2, 0.25) is 0 Å². The molecule has 0 bridgehead atoms. The average Bonchev–Trinajstić information content (AvgIpc) is 2.22. The lowest BCUT2D eigenvalue weighted by atomic mass is 10.3. The zero-order chi connectivity index (χ0) is 6.27. The van der Waals surface area contributed by atoms with Crippen molar-refractivity contribution in [1.82, 2.24) is 14.8 Å². The van der Waals surface area contributed by atoms with Crippen LogP contribution in [-0.4, -0.2) is 26.0 Å². The molecular formula is C5H7N3O. The Kier molecular flexibility index (Phi) is 0.843. The van der Waals surface area contributed by atoms with Crippen LogP contribution >= 0.6 is 0 Å². The van der Waals surface area contributed by atoms with Gasteiger partial charge in [-0.1, -0.05) is 0 Å². The van der Waals surface area contributed by atoms with Crippen molar-refractivity contribution in [2.45, 2.75) is 19.1 Å². The SMILES string of the molecule is O[C@H]1Cc2ncnn2C1. The summed E-state index contributed by atoms with van der Waals surface area (Å²) in [5.74, 6) is 0.891. The van der Waals surface area contributed by atoms with Gasteiger partial charge >= 0.3 is 0 Å². The molecule has 0 aromatic carbocycles. The Hall–Kier alpha value is -0.900. The molecule has 0 saturated carbocycles. The molecule has 9 heavy (non-hydrogen) atoms. The first-order chi connectivity index (χ1) is 4.36. The first-order valence-corrected chi connectivity index (χ1v) is 2.91. The second-order valence-electron chi connectivity index (χ2n) is 2.22. The Morgan fingerprint density at radius 1 is 1.78 bits per heavy atom. The normalized spacial score (nSPS) is 24.3. The summed E-state index contributed by atoms with van der Waals surface area (Å²) in [5, 5.41) is 12.9. The maximum atomic E-state index is 9.04. The zero-order valence-electron chi connectivity index (χ0n) is 4.86. The summed E-state index contributed by atoms with van der Waals surface area (Å²) in [6, 6.07) is 0. The average molecular weight is 125 g/mol. The molecule has 0 saturated heterocycles. The van der Waals surface area contributed by atoms with Crippen LogP contribution in [0.5, 0.6) is 0 Å². The monoisotopic (exact) mass is 125 g/mol. The summed E-state index contributed by atoms with van der Waals surface area (Å²) < 4.78 is 1.73. The molecule has 0 amide bonds. The smallest absolute Gasteiger partial charge is 0.138 e. The predicted molar refractivity (Wildman–Crippen MR) is 29.7 cm³/mol. The second kappa shape index (κ2) is 1.54. The molecule has 0 fully saturated rings. The van der Waals surface area contributed by atoms with Crippen molar-refractivity contribution in [2.75, 3.05) is 0 Å². The summed E-state index contributed by atoms with van der Waals surface area (Å²) in [6.07, 6.45) is 1.91. The Bertz CT molecular complexity index is 199. The van der Waals surface area contributed by atoms with Crippen molar-refractivity contribution < 1.29 is 5.11 Å². The highest BCUT2D eigenvalue weighted by Gasteiger charge is 2.19. The van der Waals surface area contributed by atoms with Crippen LogP contribution < -0.4 is 0 Å². The van der Waals surface area contributed by atoms with Crippen LogP contribution in [0.15, 0.2) is 6.33 Å². The molecule has 0 spiro atoms. The summed E-state index contributed by atoms with van der Waals surface area (Å²) in [7, 11) is 0. The number of nitrogens with zero attached hydrogens (tertiary/aromatic N) is 3. The van der Waals surface area contributed by atoms with Crippen LogP contribution in [0.4, 0.5) is 0 Å². The van der Waals surface area contributed by atoms with Crippen LogP contribution in [0.3, 0.4) is 0 Å². The summed E-state index contributed by atoms with van der Waals surface area (Å²) in [6.45, 7) is 0.606. The fraction of sp³-hybridized carbons (Fsp3) is 0.600. The summed E-state index contributed by atoms with van der Waals surface area (Å²) >= 11 is 0. The van der Waals surface area contributed by atoms with Gasteiger partial charge in [-0.15, -0.1) is 0 Å². The zero-order valence-corrected chi connectivity index (χ0v) is 4.86. The number of rotatable bonds is 0. The highest BCUT2D eigenvalue weighted by atomic mass is 16.3. The van der Waals surface area contributed by atoms with Crippen LogP contribution in [0.2, 0.25) is 0 Å². The minimum absolute atomic E-state index is 0.263. The lowest BCUT2D eigenvalue weighted by molar-refractivity contribution is 0.172. The van der Waals surface area contributed by atoms with Gasteiger partial charge in [-0.3, -0.25) is 0 Å². The highest BCUT2D eigenvalue weighted by molar-refractivity contribution is 4.93. The van der Waals surface area contributed by atoms with Crippen LogP contribution in [0, 0.1) is 0 Å². The van der Waals surface area contributed by atoms with Gasteiger partial charge in [0.25, 0.3) is 0 Å². The van der Waals surface area contributed by atoms with E-state index in [-0.39, 0.29) is 6.10 Å². The number of hydrogen-bond acceptors (Lipinski definition) is 3. The molecule has 1 aromatic heterocycles. The van der Waals surface area contributed by atoms with Gasteiger partial charge < -0.3 is 5.11 Å². The van der Waals surface area contributed by atoms with Gasteiger partial charge in [-0.2, -0.15) is 5.10 Å². The molecule has 0 radical (unpaired) electrons. The first kappa shape index (κ1) is 4.93. The van der Waals surface area contributed by atoms with Gasteiger partial charge in [0.15, 0.2) is 0 Å². The molecule has 2 heterocycles. The molecule has 1 aliphatic rings. The number of hydrogen-bond donors (Lipinski definition) is 1. The molecule has 1 aromatic rings. The summed E-state index contributed by atoms with van der Waals surface area (Å²) in [5.41, 5.74) is 0. The lowest BCUT2D eigenvalue weighted by Gasteiger charge is -1.93. The molecule has 0 aliphatic carbocycles. The van der Waals surface area contributed by atoms with Crippen molar-refractivity contribution in [3.63, 3.8) is 0 Å². The molecule has 0 unspecified atom stereocenters. The van der Waals surface area contributed by atoms with Gasteiger partial charge in [-0.25, -0.2) is 9.67 Å². The van der Waals surface area contributed by atoms with Crippen molar-refractivity contribution in [2.24, 2.45) is 0 Å². The molecule has 4 heteroatoms. The fourth-order valence-electron chi connectivity index (χ4n) is 1.07. The number of aliphatic hydroxyl groups excluding tert-OH is 1. The molecule has 48 valence electrons. The van der Waals surface area contributed by atoms with E-state index in [2.05, 4.69) is 10.1 Å². The second-order valence-corrected chi connectivity index (χ2v) is 2.22. The van der Waals surface area contributed by atoms with E-state index in [0.717, 1.165) is 5.82 Å². The molecule has 2 rings (SSSR count). The number of aliphatic hydroxyl groups is 1. The van der Waals surface area contributed by atoms with Crippen molar-refractivity contribution >= 4 is 0 Å². The van der Waals surface area contributed by atoms with E-state index in [0.29, 0.717) is 13.0 Å². The Balaban J connectivity index is 2.39. The van der Waals surface area contributed by atoms with E-state index in [1.807, 2.05) is 0 Å². The topological polar surface area (TPSA) is 50.9 Å². The third-order valence-electron chi connectivity index (χ3n) is 1.50. The van der Waals surface area contributed by atoms with Crippen molar-refractivity contribution in [1.29, 1.82) is 0 Å². The molecule has 4 nitrogen and oxygen atoms in total. The largest absolute Gasteiger partial charge is 0.391 e. The maximum absolute atomic E-state index is 9.04. The third-order valence-corrected chi connectivity index (χ3v) is 1.50. The van der Waals surface area contributed by atoms with Gasteiger partial charge in [-0.05, 0) is 0 Å². The number of aromatic nitrogens is 3. The highest BCUT2D eigenvalue weighted by Crippen LogP contribution is 2.08. The van der Waals surface area contributed by atoms with Crippen LogP contribution in [0.25, 0.3) is 0 Å². The standard InChI is InChI=1S/C5H7N3O/c9-4-1-5-6-3-7-8(5)2-4/h3-4,9H,1-2H2/t4-/m0/s1. The Morgan fingerprint density at radius 3 is 3.44 bits per heavy atom. The van der Waals surface area contributed by atoms with Gasteiger partial charge in [0.05, 0.1) is 12.6 Å². The van der Waals surface area contributed by atoms with E-state index in [9.17, 15) is 0 Å². The van der Waals surface area contributed by atoms with E-state index >= 15 is 0 Å². The van der Waals surface area contributed by atoms with Gasteiger partial charge in [0.1, 0.15) is 12.2 Å². The Morgan fingerprint density at radius 2 is 2.67 bits per heavy atom. The van der Waals surface area contributed by atoms with Crippen LogP contribution in [-0.2, 0) is 13.0 Å². The van der Waals surface area contributed by atoms with Crippen LogP contribution in [0.1, 0.15) is 5.82 Å². The Labute approximate surface area is 52.1 Å². The lowest BCUT2D eigenvalue weighted by Crippen LogP contribution is -2.07. The minimum atomic E-state index is -0.263. The van der Waals surface area contributed by atoms with E-state index in [4.69, 9.17) is 5.11 Å². The van der Waals surface area contributed by atoms with E-state index < -0.39 is 0 Å². The predicted octanol–water partition coefficient (Wildman–Crippen LogP) is -0.805. The maximum Gasteiger partial charge on any atom is 0.138 e. The van der Waals surface area contributed by atoms with Crippen molar-refractivity contribution in [3.05, 3.63) is 12.2 Å².